The molecule has 6 rings (SSSR count). The van der Waals surface area contributed by atoms with Gasteiger partial charge in [-0.3, -0.25) is 24.6 Å². The molecule has 2 aromatic rings. The zero-order valence-corrected chi connectivity index (χ0v) is 31.4. The molecule has 4 heterocycles. The summed E-state index contributed by atoms with van der Waals surface area (Å²) in [6.45, 7) is 11.5. The summed E-state index contributed by atoms with van der Waals surface area (Å²) in [4.78, 5) is 58.6. The van der Waals surface area contributed by atoms with Crippen LogP contribution in [0.3, 0.4) is 0 Å². The van der Waals surface area contributed by atoms with Crippen molar-refractivity contribution in [3.63, 3.8) is 0 Å². The van der Waals surface area contributed by atoms with Gasteiger partial charge in [-0.1, -0.05) is 18.2 Å². The fourth-order valence-electron chi connectivity index (χ4n) is 7.74. The van der Waals surface area contributed by atoms with Crippen molar-refractivity contribution < 1.29 is 23.9 Å². The molecule has 4 saturated heterocycles. The number of hydrogen-bond donors (Lipinski definition) is 2. The van der Waals surface area contributed by atoms with Gasteiger partial charge in [-0.15, -0.1) is 0 Å². The minimum absolute atomic E-state index is 0.141. The number of imide groups is 1. The molecular formula is C38H53N7O5S. The Morgan fingerprint density at radius 1 is 0.980 bits per heavy atom. The summed E-state index contributed by atoms with van der Waals surface area (Å²) in [6, 6.07) is 15.1. The van der Waals surface area contributed by atoms with Crippen LogP contribution in [-0.2, 0) is 19.1 Å². The number of alkyl carbamates (subject to hydrolysis) is 1. The van der Waals surface area contributed by atoms with Crippen molar-refractivity contribution in [3.8, 4) is 0 Å². The highest BCUT2D eigenvalue weighted by atomic mass is 32.2. The number of anilines is 3. The molecule has 2 aromatic carbocycles. The normalized spacial score (nSPS) is 21.5. The average molecular weight is 720 g/mol. The van der Waals surface area contributed by atoms with E-state index in [4.69, 9.17) is 4.74 Å². The number of rotatable bonds is 10. The first kappa shape index (κ1) is 37.0. The number of piperidine rings is 3. The number of amides is 4. The third kappa shape index (κ3) is 8.99. The summed E-state index contributed by atoms with van der Waals surface area (Å²) in [5.41, 5.74) is 3.56. The molecule has 0 aliphatic carbocycles. The maximum atomic E-state index is 12.7. The van der Waals surface area contributed by atoms with Crippen LogP contribution in [0.2, 0.25) is 0 Å². The number of benzene rings is 2. The third-order valence-corrected chi connectivity index (χ3v) is 11.6. The fraction of sp³-hybridized carbons (Fsp3) is 0.579. The van der Waals surface area contributed by atoms with E-state index in [1.54, 1.807) is 23.9 Å². The number of ether oxygens (including phenoxy) is 1. The van der Waals surface area contributed by atoms with E-state index < -0.39 is 11.6 Å². The molecule has 0 saturated carbocycles. The summed E-state index contributed by atoms with van der Waals surface area (Å²) in [7, 11) is 3.64. The van der Waals surface area contributed by atoms with Gasteiger partial charge in [0.05, 0.1) is 11.4 Å². The fourth-order valence-corrected chi connectivity index (χ4v) is 8.75. The van der Waals surface area contributed by atoms with Gasteiger partial charge >= 0.3 is 6.09 Å². The van der Waals surface area contributed by atoms with Crippen molar-refractivity contribution >= 4 is 53.3 Å². The van der Waals surface area contributed by atoms with E-state index in [-0.39, 0.29) is 23.9 Å². The summed E-state index contributed by atoms with van der Waals surface area (Å²) >= 11 is 1.79. The van der Waals surface area contributed by atoms with Crippen LogP contribution in [0.25, 0.3) is 0 Å². The lowest BCUT2D eigenvalue weighted by Crippen LogP contribution is -2.60. The number of likely N-dealkylation sites (N-methyl/N-ethyl adjacent to an activating group) is 1. The topological polar surface area (TPSA) is 118 Å². The molecule has 2 N–H and O–H groups in total. The van der Waals surface area contributed by atoms with Gasteiger partial charge in [0.15, 0.2) is 0 Å². The maximum absolute atomic E-state index is 12.7. The van der Waals surface area contributed by atoms with E-state index in [1.165, 1.54) is 10.6 Å². The number of carbonyl (C=O) groups is 4. The third-order valence-electron chi connectivity index (χ3n) is 10.6. The Labute approximate surface area is 306 Å². The predicted octanol–water partition coefficient (Wildman–Crippen LogP) is 4.59. The standard InChI is InChI=1S/C38H53N7O5S/c1-38(2,3)50-37(49)39-27-16-20-45(21-17-27)51-30-9-6-8-28(22-30)44-23-29(24-44)43-18-14-26(15-19-43)31-10-7-11-32(35(31)41(4)25-46)42(5)33-12-13-34(47)40-36(33)48/h6-11,22,25-27,29,33H,12-21,23-24H2,1-5H3,(H,39,49)(H,40,47,48). The number of carbonyl (C=O) groups excluding carboxylic acids is 4. The lowest BCUT2D eigenvalue weighted by molar-refractivity contribution is -0.134. The molecular weight excluding hydrogens is 667 g/mol. The van der Waals surface area contributed by atoms with Gasteiger partial charge in [0, 0.05) is 69.4 Å². The van der Waals surface area contributed by atoms with Crippen molar-refractivity contribution in [3.05, 3.63) is 48.0 Å². The SMILES string of the molecule is CN(C=O)c1c(C2CCN(C3CN(c4cccc(SN5CCC(NC(=O)OC(C)(C)C)CC5)c4)C3)CC2)cccc1N(C)C1CCC(=O)NC1=O. The molecule has 4 fully saturated rings. The number of likely N-dealkylation sites (tertiary alicyclic amines) is 1. The van der Waals surface area contributed by atoms with Gasteiger partial charge in [0.1, 0.15) is 11.6 Å². The molecule has 0 bridgehead atoms. The molecule has 0 radical (unpaired) electrons. The summed E-state index contributed by atoms with van der Waals surface area (Å²) in [5.74, 6) is -0.229. The Bertz CT molecular complexity index is 1580. The minimum Gasteiger partial charge on any atom is -0.444 e. The molecule has 0 aromatic heterocycles. The van der Waals surface area contributed by atoms with Crippen molar-refractivity contribution in [1.29, 1.82) is 0 Å². The Hall–Kier alpha value is -3.81. The van der Waals surface area contributed by atoms with Crippen LogP contribution in [-0.4, -0.2) is 111 Å². The van der Waals surface area contributed by atoms with Crippen LogP contribution in [0.4, 0.5) is 21.9 Å². The Morgan fingerprint density at radius 3 is 2.35 bits per heavy atom. The molecule has 276 valence electrons. The highest BCUT2D eigenvalue weighted by Crippen LogP contribution is 2.42. The first-order chi connectivity index (χ1) is 24.4. The molecule has 4 amide bonds. The second kappa shape index (κ2) is 15.8. The highest BCUT2D eigenvalue weighted by Gasteiger charge is 2.36. The van der Waals surface area contributed by atoms with Gasteiger partial charge in [-0.05, 0) is 114 Å². The molecule has 12 nitrogen and oxygen atoms in total. The second-order valence-electron chi connectivity index (χ2n) is 15.3. The number of nitrogens with one attached hydrogen (secondary N) is 2. The van der Waals surface area contributed by atoms with Crippen molar-refractivity contribution in [2.45, 2.75) is 93.8 Å². The largest absolute Gasteiger partial charge is 0.444 e. The van der Waals surface area contributed by atoms with Gasteiger partial charge in [0.2, 0.25) is 18.2 Å². The summed E-state index contributed by atoms with van der Waals surface area (Å²) < 4.78 is 7.81. The minimum atomic E-state index is -0.492. The predicted molar refractivity (Wildman–Crippen MR) is 201 cm³/mol. The smallest absolute Gasteiger partial charge is 0.407 e. The zero-order valence-electron chi connectivity index (χ0n) is 30.6. The van der Waals surface area contributed by atoms with E-state index in [0.717, 1.165) is 88.3 Å². The molecule has 1 unspecified atom stereocenters. The van der Waals surface area contributed by atoms with Gasteiger partial charge in [-0.25, -0.2) is 9.10 Å². The lowest BCUT2D eigenvalue weighted by Gasteiger charge is -2.49. The second-order valence-corrected chi connectivity index (χ2v) is 16.5. The monoisotopic (exact) mass is 719 g/mol. The van der Waals surface area contributed by atoms with Crippen LogP contribution in [0.5, 0.6) is 0 Å². The van der Waals surface area contributed by atoms with Crippen molar-refractivity contribution in [1.82, 2.24) is 19.8 Å². The summed E-state index contributed by atoms with van der Waals surface area (Å²) in [6.07, 6.45) is 5.04. The molecule has 4 aliphatic rings. The molecule has 0 spiro atoms. The van der Waals surface area contributed by atoms with Gasteiger partial charge in [0.25, 0.3) is 0 Å². The number of nitrogens with zero attached hydrogens (tertiary/aromatic N) is 5. The Kier molecular flexibility index (Phi) is 11.5. The van der Waals surface area contributed by atoms with Gasteiger partial charge in [-0.2, -0.15) is 0 Å². The van der Waals surface area contributed by atoms with Crippen LogP contribution >= 0.6 is 11.9 Å². The van der Waals surface area contributed by atoms with E-state index in [9.17, 15) is 19.2 Å². The van der Waals surface area contributed by atoms with E-state index >= 15 is 0 Å². The van der Waals surface area contributed by atoms with Crippen LogP contribution < -0.4 is 25.3 Å². The van der Waals surface area contributed by atoms with E-state index in [1.807, 2.05) is 44.9 Å². The molecule has 51 heavy (non-hydrogen) atoms. The Balaban J connectivity index is 0.995. The van der Waals surface area contributed by atoms with Crippen LogP contribution in [0.1, 0.15) is 70.8 Å². The lowest BCUT2D eigenvalue weighted by atomic mass is 9.86. The van der Waals surface area contributed by atoms with Gasteiger partial charge < -0.3 is 24.8 Å². The quantitative estimate of drug-likeness (QED) is 0.205. The zero-order chi connectivity index (χ0) is 36.3. The van der Waals surface area contributed by atoms with E-state index in [0.29, 0.717) is 24.8 Å². The first-order valence-corrected chi connectivity index (χ1v) is 19.0. The van der Waals surface area contributed by atoms with E-state index in [2.05, 4.69) is 55.1 Å². The molecule has 13 heteroatoms. The average Bonchev–Trinajstić information content (AvgIpc) is 3.07. The summed E-state index contributed by atoms with van der Waals surface area (Å²) in [5, 5.41) is 5.49. The van der Waals surface area contributed by atoms with Crippen molar-refractivity contribution in [2.75, 3.05) is 68.1 Å². The molecule has 4 aliphatic heterocycles. The first-order valence-electron chi connectivity index (χ1n) is 18.3. The highest BCUT2D eigenvalue weighted by molar-refractivity contribution is 7.97. The number of hydrogen-bond acceptors (Lipinski definition) is 10. The maximum Gasteiger partial charge on any atom is 0.407 e. The van der Waals surface area contributed by atoms with Crippen LogP contribution in [0, 0.1) is 0 Å². The van der Waals surface area contributed by atoms with Crippen LogP contribution in [0.15, 0.2) is 47.4 Å². The number of para-hydroxylation sites is 1. The molecule has 1 atom stereocenters. The van der Waals surface area contributed by atoms with Crippen molar-refractivity contribution in [2.24, 2.45) is 0 Å². The Morgan fingerprint density at radius 2 is 1.69 bits per heavy atom.